The normalized spacial score (nSPS) is 11.6. The minimum atomic E-state index is -3.78. The Morgan fingerprint density at radius 1 is 1.31 bits per heavy atom. The molecule has 0 heterocycles. The Labute approximate surface area is 97.0 Å². The molecule has 0 unspecified atom stereocenters. The van der Waals surface area contributed by atoms with E-state index in [2.05, 4.69) is 0 Å². The third-order valence-electron chi connectivity index (χ3n) is 1.89. The number of benzene rings is 1. The van der Waals surface area contributed by atoms with Crippen molar-refractivity contribution >= 4 is 25.4 Å². The van der Waals surface area contributed by atoms with Gasteiger partial charge in [-0.2, -0.15) is 0 Å². The van der Waals surface area contributed by atoms with Crippen molar-refractivity contribution in [3.05, 3.63) is 29.3 Å². The lowest BCUT2D eigenvalue weighted by Crippen LogP contribution is -2.12. The summed E-state index contributed by atoms with van der Waals surface area (Å²) in [6.07, 6.45) is 0. The molecule has 90 valence electrons. The number of hydrogen-bond acceptors (Lipinski definition) is 3. The number of hydrogen-bond donors (Lipinski definition) is 0. The van der Waals surface area contributed by atoms with Crippen LogP contribution in [0.2, 0.25) is 0 Å². The van der Waals surface area contributed by atoms with E-state index in [0.29, 0.717) is 0 Å². The Balaban J connectivity index is 3.24. The highest BCUT2D eigenvalue weighted by atomic mass is 35.7. The largest absolute Gasteiger partial charge is 0.375 e. The van der Waals surface area contributed by atoms with E-state index in [4.69, 9.17) is 10.7 Å². The molecule has 1 aromatic rings. The zero-order chi connectivity index (χ0) is 12.5. The van der Waals surface area contributed by atoms with Gasteiger partial charge in [-0.05, 0) is 17.7 Å². The van der Waals surface area contributed by atoms with E-state index in [1.165, 1.54) is 25.1 Å². The molecule has 0 aliphatic heterocycles. The number of nitrogens with zero attached hydrogens (tertiary/aromatic N) is 1. The van der Waals surface area contributed by atoms with Gasteiger partial charge in [-0.15, -0.1) is 0 Å². The molecule has 0 radical (unpaired) electrons. The van der Waals surface area contributed by atoms with Crippen LogP contribution in [-0.4, -0.2) is 22.5 Å². The molecule has 0 atom stereocenters. The molecule has 0 aliphatic rings. The van der Waals surface area contributed by atoms with Crippen molar-refractivity contribution in [1.29, 1.82) is 0 Å². The number of anilines is 1. The molecule has 1 aromatic carbocycles. The van der Waals surface area contributed by atoms with Gasteiger partial charge in [0.1, 0.15) is 0 Å². The minimum absolute atomic E-state index is 0.0182. The minimum Gasteiger partial charge on any atom is -0.375 e. The second-order valence-corrected chi connectivity index (χ2v) is 6.27. The van der Waals surface area contributed by atoms with Crippen LogP contribution < -0.4 is 4.90 Å². The maximum absolute atomic E-state index is 13.3. The van der Waals surface area contributed by atoms with Gasteiger partial charge in [-0.3, -0.25) is 0 Å². The SMILES string of the molecule is CN(C)c1cc(CS(=O)(=O)Cl)cc(F)c1F. The Morgan fingerprint density at radius 3 is 2.31 bits per heavy atom. The molecular weight excluding hydrogens is 260 g/mol. The summed E-state index contributed by atoms with van der Waals surface area (Å²) < 4.78 is 48.0. The predicted molar refractivity (Wildman–Crippen MR) is 59.2 cm³/mol. The Hall–Kier alpha value is -0.880. The molecular formula is C9H10ClF2NO2S. The molecule has 0 bridgehead atoms. The van der Waals surface area contributed by atoms with Gasteiger partial charge in [0.2, 0.25) is 9.05 Å². The van der Waals surface area contributed by atoms with Gasteiger partial charge in [0.25, 0.3) is 0 Å². The van der Waals surface area contributed by atoms with Crippen LogP contribution in [0.5, 0.6) is 0 Å². The van der Waals surface area contributed by atoms with Crippen LogP contribution >= 0.6 is 10.7 Å². The van der Waals surface area contributed by atoms with Crippen LogP contribution in [-0.2, 0) is 14.8 Å². The Bertz CT molecular complexity index is 502. The maximum atomic E-state index is 13.3. The number of halogens is 3. The topological polar surface area (TPSA) is 37.4 Å². The van der Waals surface area contributed by atoms with Crippen LogP contribution in [0.15, 0.2) is 12.1 Å². The van der Waals surface area contributed by atoms with Crippen molar-refractivity contribution in [2.24, 2.45) is 0 Å². The van der Waals surface area contributed by atoms with Crippen molar-refractivity contribution in [2.75, 3.05) is 19.0 Å². The highest BCUT2D eigenvalue weighted by molar-refractivity contribution is 8.13. The molecule has 16 heavy (non-hydrogen) atoms. The highest BCUT2D eigenvalue weighted by Gasteiger charge is 2.15. The summed E-state index contributed by atoms with van der Waals surface area (Å²) in [5.74, 6) is -2.64. The zero-order valence-corrected chi connectivity index (χ0v) is 10.2. The first kappa shape index (κ1) is 13.2. The fourth-order valence-electron chi connectivity index (χ4n) is 1.24. The van der Waals surface area contributed by atoms with Crippen molar-refractivity contribution in [1.82, 2.24) is 0 Å². The molecule has 0 saturated carbocycles. The number of rotatable bonds is 3. The van der Waals surface area contributed by atoms with Gasteiger partial charge in [0.05, 0.1) is 11.4 Å². The average Bonchev–Trinajstić information content (AvgIpc) is 2.07. The van der Waals surface area contributed by atoms with E-state index in [-0.39, 0.29) is 11.3 Å². The van der Waals surface area contributed by atoms with Gasteiger partial charge in [-0.1, -0.05) is 0 Å². The molecule has 3 nitrogen and oxygen atoms in total. The first-order valence-corrected chi connectivity index (χ1v) is 6.76. The predicted octanol–water partition coefficient (Wildman–Crippen LogP) is 2.10. The lowest BCUT2D eigenvalue weighted by atomic mass is 10.2. The molecule has 0 amide bonds. The molecule has 0 spiro atoms. The summed E-state index contributed by atoms with van der Waals surface area (Å²) in [6.45, 7) is 0. The third kappa shape index (κ3) is 3.31. The lowest BCUT2D eigenvalue weighted by Gasteiger charge is -2.15. The van der Waals surface area contributed by atoms with Crippen LogP contribution in [0.25, 0.3) is 0 Å². The monoisotopic (exact) mass is 269 g/mol. The summed E-state index contributed by atoms with van der Waals surface area (Å²) in [4.78, 5) is 1.35. The van der Waals surface area contributed by atoms with Crippen molar-refractivity contribution in [2.45, 2.75) is 5.75 Å². The van der Waals surface area contributed by atoms with E-state index in [9.17, 15) is 17.2 Å². The van der Waals surface area contributed by atoms with E-state index >= 15 is 0 Å². The molecule has 1 rings (SSSR count). The zero-order valence-electron chi connectivity index (χ0n) is 8.67. The summed E-state index contributed by atoms with van der Waals surface area (Å²) in [6, 6.07) is 2.07. The Kier molecular flexibility index (Phi) is 3.75. The summed E-state index contributed by atoms with van der Waals surface area (Å²) in [5.41, 5.74) is 0.0907. The second kappa shape index (κ2) is 4.55. The molecule has 0 saturated heterocycles. The van der Waals surface area contributed by atoms with E-state index < -0.39 is 26.4 Å². The third-order valence-corrected chi connectivity index (χ3v) is 2.90. The van der Waals surface area contributed by atoms with E-state index in [0.717, 1.165) is 6.07 Å². The van der Waals surface area contributed by atoms with Gasteiger partial charge in [0, 0.05) is 24.8 Å². The van der Waals surface area contributed by atoms with E-state index in [1.807, 2.05) is 0 Å². The summed E-state index contributed by atoms with van der Waals surface area (Å²) in [7, 11) is 4.30. The Morgan fingerprint density at radius 2 is 1.88 bits per heavy atom. The van der Waals surface area contributed by atoms with Crippen molar-refractivity contribution in [3.63, 3.8) is 0 Å². The van der Waals surface area contributed by atoms with Gasteiger partial charge in [0.15, 0.2) is 11.6 Å². The standard InChI is InChI=1S/C9H10ClF2NO2S/c1-13(2)8-4-6(5-16(10,14)15)3-7(11)9(8)12/h3-4H,5H2,1-2H3. The molecule has 0 N–H and O–H groups in total. The quantitative estimate of drug-likeness (QED) is 0.789. The van der Waals surface area contributed by atoms with Crippen LogP contribution in [0.1, 0.15) is 5.56 Å². The van der Waals surface area contributed by atoms with Crippen LogP contribution in [0.4, 0.5) is 14.5 Å². The fourth-order valence-corrected chi connectivity index (χ4v) is 2.18. The molecule has 7 heteroatoms. The molecule has 0 fully saturated rings. The first-order chi connectivity index (χ1) is 7.20. The van der Waals surface area contributed by atoms with Crippen molar-refractivity contribution < 1.29 is 17.2 Å². The average molecular weight is 270 g/mol. The van der Waals surface area contributed by atoms with E-state index in [1.54, 1.807) is 0 Å². The highest BCUT2D eigenvalue weighted by Crippen LogP contribution is 2.23. The first-order valence-electron chi connectivity index (χ1n) is 4.28. The summed E-state index contributed by atoms with van der Waals surface area (Å²) in [5, 5.41) is 0. The lowest BCUT2D eigenvalue weighted by molar-refractivity contribution is 0.507. The summed E-state index contributed by atoms with van der Waals surface area (Å²) >= 11 is 0. The maximum Gasteiger partial charge on any atom is 0.236 e. The van der Waals surface area contributed by atoms with Gasteiger partial charge < -0.3 is 4.90 Å². The smallest absolute Gasteiger partial charge is 0.236 e. The van der Waals surface area contributed by atoms with Crippen molar-refractivity contribution in [3.8, 4) is 0 Å². The second-order valence-electron chi connectivity index (χ2n) is 3.49. The van der Waals surface area contributed by atoms with Crippen LogP contribution in [0.3, 0.4) is 0 Å². The molecule has 0 aromatic heterocycles. The fraction of sp³-hybridized carbons (Fsp3) is 0.333. The molecule has 0 aliphatic carbocycles. The van der Waals surface area contributed by atoms with Gasteiger partial charge in [-0.25, -0.2) is 17.2 Å². The van der Waals surface area contributed by atoms with Crippen LogP contribution in [0, 0.1) is 11.6 Å². The van der Waals surface area contributed by atoms with Gasteiger partial charge >= 0.3 is 0 Å².